The Kier molecular flexibility index (Phi) is 12.3. The molecule has 8 atom stereocenters. The molecule has 4 aliphatic rings. The predicted molar refractivity (Wildman–Crippen MR) is 152 cm³/mol. The Hall–Kier alpha value is -1.35. The van der Waals surface area contributed by atoms with Gasteiger partial charge in [-0.3, -0.25) is 0 Å². The van der Waals surface area contributed by atoms with Crippen LogP contribution >= 0.6 is 0 Å². The molecule has 5 rings (SSSR count). The van der Waals surface area contributed by atoms with Crippen molar-refractivity contribution in [3.63, 3.8) is 0 Å². The van der Waals surface area contributed by atoms with Crippen LogP contribution in [0.1, 0.15) is 95.5 Å². The molecule has 3 heterocycles. The SMILES string of the molecule is O=CC[C@@H]1[C@@H](CC[C@H](CCc2ccccc2)OC2CCCCO2)[C@H](OC2CCCCO2)C[C@@H]1OC1CCCCO1. The molecule has 1 aromatic rings. The summed E-state index contributed by atoms with van der Waals surface area (Å²) in [5.41, 5.74) is 1.33. The largest absolute Gasteiger partial charge is 0.353 e. The first kappa shape index (κ1) is 30.1. The van der Waals surface area contributed by atoms with Crippen molar-refractivity contribution >= 4 is 6.29 Å². The van der Waals surface area contributed by atoms with E-state index in [1.165, 1.54) is 5.56 Å². The van der Waals surface area contributed by atoms with E-state index in [4.69, 9.17) is 28.4 Å². The van der Waals surface area contributed by atoms with Crippen LogP contribution in [-0.4, -0.2) is 63.3 Å². The maximum Gasteiger partial charge on any atom is 0.157 e. The van der Waals surface area contributed by atoms with E-state index in [2.05, 4.69) is 30.3 Å². The quantitative estimate of drug-likeness (QED) is 0.246. The van der Waals surface area contributed by atoms with E-state index in [0.29, 0.717) is 6.42 Å². The molecule has 3 aliphatic heterocycles. The van der Waals surface area contributed by atoms with Gasteiger partial charge in [0.25, 0.3) is 0 Å². The number of carbonyl (C=O) groups is 1. The lowest BCUT2D eigenvalue weighted by Crippen LogP contribution is -2.33. The van der Waals surface area contributed by atoms with Crippen molar-refractivity contribution in [2.24, 2.45) is 11.8 Å². The smallest absolute Gasteiger partial charge is 0.157 e. The minimum absolute atomic E-state index is 0.00217. The van der Waals surface area contributed by atoms with Crippen LogP contribution in [0.4, 0.5) is 0 Å². The second-order valence-electron chi connectivity index (χ2n) is 12.1. The third-order valence-corrected chi connectivity index (χ3v) is 9.17. The minimum Gasteiger partial charge on any atom is -0.353 e. The zero-order chi connectivity index (χ0) is 27.4. The standard InChI is InChI=1S/C33H50O7/c34-20-19-28-27(18-17-26(38-31-12-4-7-21-35-31)16-15-25-10-2-1-3-11-25)29(39-32-13-5-8-22-36-32)24-30(28)40-33-14-6-9-23-37-33/h1-3,10-11,20,26-33H,4-9,12-19,21-24H2/t26-,27+,28+,29+,30-,31?,32?,33?/m0/s1. The molecule has 0 amide bonds. The second-order valence-corrected chi connectivity index (χ2v) is 12.1. The van der Waals surface area contributed by atoms with E-state index < -0.39 is 0 Å². The average molecular weight is 559 g/mol. The molecule has 40 heavy (non-hydrogen) atoms. The fourth-order valence-corrected chi connectivity index (χ4v) is 6.97. The summed E-state index contributed by atoms with van der Waals surface area (Å²) in [5.74, 6) is 0.316. The lowest BCUT2D eigenvalue weighted by molar-refractivity contribution is -0.205. The van der Waals surface area contributed by atoms with Gasteiger partial charge in [0.05, 0.1) is 18.3 Å². The lowest BCUT2D eigenvalue weighted by atomic mass is 9.86. The Balaban J connectivity index is 1.27. The summed E-state index contributed by atoms with van der Waals surface area (Å²) in [6.07, 6.45) is 15.2. The van der Waals surface area contributed by atoms with Crippen molar-refractivity contribution in [3.05, 3.63) is 35.9 Å². The van der Waals surface area contributed by atoms with Gasteiger partial charge >= 0.3 is 0 Å². The fraction of sp³-hybridized carbons (Fsp3) is 0.788. The van der Waals surface area contributed by atoms with Crippen LogP contribution in [0.2, 0.25) is 0 Å². The van der Waals surface area contributed by atoms with Crippen LogP contribution in [0.5, 0.6) is 0 Å². The molecule has 1 aliphatic carbocycles. The maximum atomic E-state index is 11.9. The first-order valence-electron chi connectivity index (χ1n) is 16.1. The minimum atomic E-state index is -0.177. The Labute approximate surface area is 240 Å². The Morgan fingerprint density at radius 2 is 1.35 bits per heavy atom. The van der Waals surface area contributed by atoms with E-state index in [0.717, 1.165) is 116 Å². The third-order valence-electron chi connectivity index (χ3n) is 9.17. The van der Waals surface area contributed by atoms with Crippen molar-refractivity contribution in [1.29, 1.82) is 0 Å². The summed E-state index contributed by atoms with van der Waals surface area (Å²) < 4.78 is 37.7. The highest BCUT2D eigenvalue weighted by molar-refractivity contribution is 5.50. The first-order chi connectivity index (χ1) is 19.8. The van der Waals surface area contributed by atoms with Gasteiger partial charge in [0.2, 0.25) is 0 Å². The predicted octanol–water partition coefficient (Wildman–Crippen LogP) is 6.36. The number of hydrogen-bond acceptors (Lipinski definition) is 7. The van der Waals surface area contributed by atoms with Crippen molar-refractivity contribution in [1.82, 2.24) is 0 Å². The first-order valence-corrected chi connectivity index (χ1v) is 16.1. The number of carbonyl (C=O) groups excluding carboxylic acids is 1. The molecule has 3 saturated heterocycles. The van der Waals surface area contributed by atoms with Gasteiger partial charge in [0.1, 0.15) is 6.29 Å². The molecule has 0 N–H and O–H groups in total. The number of benzene rings is 1. The number of ether oxygens (including phenoxy) is 6. The van der Waals surface area contributed by atoms with Gasteiger partial charge < -0.3 is 33.2 Å². The molecule has 224 valence electrons. The summed E-state index contributed by atoms with van der Waals surface area (Å²) in [5, 5.41) is 0. The van der Waals surface area contributed by atoms with Crippen LogP contribution in [-0.2, 0) is 39.6 Å². The fourth-order valence-electron chi connectivity index (χ4n) is 6.97. The van der Waals surface area contributed by atoms with Gasteiger partial charge in [-0.25, -0.2) is 0 Å². The molecular weight excluding hydrogens is 508 g/mol. The third kappa shape index (κ3) is 9.07. The molecule has 1 saturated carbocycles. The molecule has 7 heteroatoms. The van der Waals surface area contributed by atoms with Crippen molar-refractivity contribution < 1.29 is 33.2 Å². The van der Waals surface area contributed by atoms with Gasteiger partial charge in [0.15, 0.2) is 18.9 Å². The van der Waals surface area contributed by atoms with Crippen molar-refractivity contribution in [2.75, 3.05) is 19.8 Å². The monoisotopic (exact) mass is 558 g/mol. The van der Waals surface area contributed by atoms with Gasteiger partial charge in [-0.05, 0) is 101 Å². The number of hydrogen-bond donors (Lipinski definition) is 0. The highest BCUT2D eigenvalue weighted by Gasteiger charge is 2.46. The summed E-state index contributed by atoms with van der Waals surface area (Å²) in [6, 6.07) is 10.6. The second kappa shape index (κ2) is 16.3. The molecule has 0 bridgehead atoms. The molecule has 7 nitrogen and oxygen atoms in total. The van der Waals surface area contributed by atoms with Crippen LogP contribution in [0.3, 0.4) is 0 Å². The lowest BCUT2D eigenvalue weighted by Gasteiger charge is -2.32. The number of aldehydes is 1. The summed E-state index contributed by atoms with van der Waals surface area (Å²) in [4.78, 5) is 11.9. The van der Waals surface area contributed by atoms with Crippen molar-refractivity contribution in [3.8, 4) is 0 Å². The van der Waals surface area contributed by atoms with Crippen LogP contribution in [0.15, 0.2) is 30.3 Å². The van der Waals surface area contributed by atoms with Crippen LogP contribution in [0, 0.1) is 11.8 Å². The normalized spacial score (nSPS) is 34.0. The highest BCUT2D eigenvalue weighted by atomic mass is 16.7. The highest BCUT2D eigenvalue weighted by Crippen LogP contribution is 2.43. The van der Waals surface area contributed by atoms with E-state index >= 15 is 0 Å². The van der Waals surface area contributed by atoms with E-state index in [1.807, 2.05) is 0 Å². The summed E-state index contributed by atoms with van der Waals surface area (Å²) >= 11 is 0. The maximum absolute atomic E-state index is 11.9. The molecule has 0 spiro atoms. The number of aryl methyl sites for hydroxylation is 1. The Bertz CT molecular complexity index is 832. The zero-order valence-corrected chi connectivity index (χ0v) is 24.2. The molecule has 0 radical (unpaired) electrons. The van der Waals surface area contributed by atoms with E-state index in [-0.39, 0.29) is 49.0 Å². The van der Waals surface area contributed by atoms with Gasteiger partial charge in [-0.15, -0.1) is 0 Å². The zero-order valence-electron chi connectivity index (χ0n) is 24.2. The van der Waals surface area contributed by atoms with Gasteiger partial charge in [0, 0.05) is 32.7 Å². The molecule has 3 unspecified atom stereocenters. The average Bonchev–Trinajstić information content (AvgIpc) is 3.31. The van der Waals surface area contributed by atoms with Crippen LogP contribution in [0.25, 0.3) is 0 Å². The number of rotatable bonds is 14. The van der Waals surface area contributed by atoms with Gasteiger partial charge in [-0.1, -0.05) is 30.3 Å². The van der Waals surface area contributed by atoms with E-state index in [1.54, 1.807) is 0 Å². The van der Waals surface area contributed by atoms with E-state index in [9.17, 15) is 4.79 Å². The molecule has 4 fully saturated rings. The Morgan fingerprint density at radius 1 is 0.750 bits per heavy atom. The van der Waals surface area contributed by atoms with Gasteiger partial charge in [-0.2, -0.15) is 0 Å². The summed E-state index contributed by atoms with van der Waals surface area (Å²) in [6.45, 7) is 2.28. The topological polar surface area (TPSA) is 72.5 Å². The van der Waals surface area contributed by atoms with Crippen molar-refractivity contribution in [2.45, 2.75) is 133 Å². The Morgan fingerprint density at radius 3 is 1.93 bits per heavy atom. The molecule has 0 aromatic heterocycles. The summed E-state index contributed by atoms with van der Waals surface area (Å²) in [7, 11) is 0. The molecular formula is C33H50O7. The van der Waals surface area contributed by atoms with Crippen LogP contribution < -0.4 is 0 Å². The molecule has 1 aromatic carbocycles.